The van der Waals surface area contributed by atoms with Gasteiger partial charge in [0.25, 0.3) is 11.6 Å². The van der Waals surface area contributed by atoms with Gasteiger partial charge in [0.2, 0.25) is 0 Å². The highest BCUT2D eigenvalue weighted by molar-refractivity contribution is 5.95. The number of rotatable bonds is 5. The summed E-state index contributed by atoms with van der Waals surface area (Å²) in [4.78, 5) is 22.3. The number of nitrogens with one attached hydrogen (secondary N) is 1. The van der Waals surface area contributed by atoms with E-state index in [-0.39, 0.29) is 22.7 Å². The average Bonchev–Trinajstić information content (AvgIpc) is 2.55. The number of methoxy groups -OCH3 is 1. The zero-order valence-electron chi connectivity index (χ0n) is 13.0. The topological polar surface area (TPSA) is 114 Å². The maximum absolute atomic E-state index is 11.9. The molecular weight excluding hydrogens is 314 g/mol. The van der Waals surface area contributed by atoms with Gasteiger partial charge in [0.05, 0.1) is 29.9 Å². The summed E-state index contributed by atoms with van der Waals surface area (Å²) in [5.74, 6) is -0.747. The van der Waals surface area contributed by atoms with Gasteiger partial charge in [-0.15, -0.1) is 0 Å². The summed E-state index contributed by atoms with van der Waals surface area (Å²) < 4.78 is 4.83. The van der Waals surface area contributed by atoms with E-state index in [1.54, 1.807) is 24.3 Å². The maximum atomic E-state index is 11.9. The highest BCUT2D eigenvalue weighted by Crippen LogP contribution is 2.32. The Bertz CT molecular complexity index is 800. The molecule has 0 saturated carbocycles. The van der Waals surface area contributed by atoms with Gasteiger partial charge in [-0.1, -0.05) is 17.7 Å². The SMILES string of the molecule is COc1cc([N+](=O)[O-])c(/C=N\NC(=O)c2ccc(C)cc2)cc1O. The summed E-state index contributed by atoms with van der Waals surface area (Å²) >= 11 is 0. The lowest BCUT2D eigenvalue weighted by atomic mass is 10.1. The molecule has 2 N–H and O–H groups in total. The summed E-state index contributed by atoms with van der Waals surface area (Å²) in [5, 5.41) is 24.5. The Balaban J connectivity index is 2.19. The fourth-order valence-corrected chi connectivity index (χ4v) is 1.93. The summed E-state index contributed by atoms with van der Waals surface area (Å²) in [7, 11) is 1.29. The first-order chi connectivity index (χ1) is 11.4. The van der Waals surface area contributed by atoms with Crippen LogP contribution < -0.4 is 10.2 Å². The van der Waals surface area contributed by atoms with Crippen LogP contribution in [0.5, 0.6) is 11.5 Å². The van der Waals surface area contributed by atoms with Crippen molar-refractivity contribution in [2.75, 3.05) is 7.11 Å². The number of ether oxygens (including phenoxy) is 1. The van der Waals surface area contributed by atoms with Crippen molar-refractivity contribution in [1.82, 2.24) is 5.43 Å². The standard InChI is InChI=1S/C16H15N3O5/c1-10-3-5-11(6-4-10)16(21)18-17-9-12-7-14(20)15(24-2)8-13(12)19(22)23/h3-9,20H,1-2H3,(H,18,21)/b17-9-. The Kier molecular flexibility index (Phi) is 5.10. The Morgan fingerprint density at radius 3 is 2.58 bits per heavy atom. The van der Waals surface area contributed by atoms with Crippen molar-refractivity contribution in [2.24, 2.45) is 5.10 Å². The molecule has 124 valence electrons. The number of carbonyl (C=O) groups excluding carboxylic acids is 1. The second kappa shape index (κ2) is 7.23. The van der Waals surface area contributed by atoms with Crippen LogP contribution in [0.2, 0.25) is 0 Å². The minimum atomic E-state index is -0.634. The number of aryl methyl sites for hydroxylation is 1. The van der Waals surface area contributed by atoms with Crippen LogP contribution in [-0.2, 0) is 0 Å². The molecule has 0 unspecified atom stereocenters. The molecule has 8 nitrogen and oxygen atoms in total. The number of benzene rings is 2. The third-order valence-corrected chi connectivity index (χ3v) is 3.21. The van der Waals surface area contributed by atoms with E-state index in [4.69, 9.17) is 4.74 Å². The fraction of sp³-hybridized carbons (Fsp3) is 0.125. The molecule has 0 saturated heterocycles. The van der Waals surface area contributed by atoms with Gasteiger partial charge in [-0.3, -0.25) is 14.9 Å². The lowest BCUT2D eigenvalue weighted by molar-refractivity contribution is -0.385. The Labute approximate surface area is 137 Å². The molecule has 0 spiro atoms. The molecule has 0 fully saturated rings. The zero-order chi connectivity index (χ0) is 17.7. The van der Waals surface area contributed by atoms with Gasteiger partial charge in [-0.05, 0) is 25.1 Å². The van der Waals surface area contributed by atoms with Crippen molar-refractivity contribution in [3.05, 3.63) is 63.2 Å². The number of phenolic OH excluding ortho intramolecular Hbond substituents is 1. The van der Waals surface area contributed by atoms with Crippen LogP contribution in [0.1, 0.15) is 21.5 Å². The van der Waals surface area contributed by atoms with Crippen LogP contribution in [-0.4, -0.2) is 29.3 Å². The van der Waals surface area contributed by atoms with Crippen molar-refractivity contribution >= 4 is 17.8 Å². The van der Waals surface area contributed by atoms with Crippen LogP contribution in [0.3, 0.4) is 0 Å². The molecule has 24 heavy (non-hydrogen) atoms. The molecule has 0 atom stereocenters. The molecule has 0 bridgehead atoms. The number of nitrogens with zero attached hydrogens (tertiary/aromatic N) is 2. The number of hydrazone groups is 1. The van der Waals surface area contributed by atoms with Gasteiger partial charge in [-0.2, -0.15) is 5.10 Å². The molecule has 2 aromatic carbocycles. The highest BCUT2D eigenvalue weighted by atomic mass is 16.6. The molecule has 8 heteroatoms. The van der Waals surface area contributed by atoms with E-state index in [2.05, 4.69) is 10.5 Å². The van der Waals surface area contributed by atoms with Gasteiger partial charge in [0, 0.05) is 5.56 Å². The highest BCUT2D eigenvalue weighted by Gasteiger charge is 2.17. The molecule has 0 radical (unpaired) electrons. The number of carbonyl (C=O) groups is 1. The average molecular weight is 329 g/mol. The summed E-state index contributed by atoms with van der Waals surface area (Å²) in [6, 6.07) is 9.07. The van der Waals surface area contributed by atoms with Crippen LogP contribution in [0, 0.1) is 17.0 Å². The third kappa shape index (κ3) is 3.86. The van der Waals surface area contributed by atoms with E-state index in [1.165, 1.54) is 7.11 Å². The van der Waals surface area contributed by atoms with Gasteiger partial charge in [0.1, 0.15) is 0 Å². The van der Waals surface area contributed by atoms with Gasteiger partial charge >= 0.3 is 0 Å². The molecule has 0 aromatic heterocycles. The molecule has 2 rings (SSSR count). The van der Waals surface area contributed by atoms with E-state index in [0.29, 0.717) is 5.56 Å². The van der Waals surface area contributed by atoms with E-state index in [1.807, 2.05) is 6.92 Å². The fourth-order valence-electron chi connectivity index (χ4n) is 1.93. The Hall–Kier alpha value is -3.42. The largest absolute Gasteiger partial charge is 0.504 e. The molecule has 0 heterocycles. The minimum absolute atomic E-state index is 0.0254. The van der Waals surface area contributed by atoms with Crippen molar-refractivity contribution in [1.29, 1.82) is 0 Å². The number of amides is 1. The van der Waals surface area contributed by atoms with E-state index in [0.717, 1.165) is 23.9 Å². The first-order valence-electron chi connectivity index (χ1n) is 6.88. The third-order valence-electron chi connectivity index (χ3n) is 3.21. The molecule has 0 aliphatic rings. The molecule has 1 amide bonds. The number of aromatic hydroxyl groups is 1. The molecule has 0 aliphatic heterocycles. The normalized spacial score (nSPS) is 10.6. The quantitative estimate of drug-likeness (QED) is 0.496. The second-order valence-corrected chi connectivity index (χ2v) is 4.91. The van der Waals surface area contributed by atoms with Crippen LogP contribution >= 0.6 is 0 Å². The Morgan fingerprint density at radius 2 is 2.00 bits per heavy atom. The van der Waals surface area contributed by atoms with E-state index in [9.17, 15) is 20.0 Å². The zero-order valence-corrected chi connectivity index (χ0v) is 13.0. The predicted octanol–water partition coefficient (Wildman–Crippen LogP) is 2.38. The lowest BCUT2D eigenvalue weighted by Gasteiger charge is -2.05. The number of nitro groups is 1. The Morgan fingerprint density at radius 1 is 1.33 bits per heavy atom. The van der Waals surface area contributed by atoms with E-state index < -0.39 is 10.8 Å². The van der Waals surface area contributed by atoms with Crippen molar-refractivity contribution < 1.29 is 19.6 Å². The first kappa shape index (κ1) is 16.9. The number of nitro benzene ring substituents is 1. The van der Waals surface area contributed by atoms with Gasteiger partial charge in [0.15, 0.2) is 11.5 Å². The van der Waals surface area contributed by atoms with Crippen LogP contribution in [0.25, 0.3) is 0 Å². The monoisotopic (exact) mass is 329 g/mol. The number of hydrogen-bond donors (Lipinski definition) is 2. The van der Waals surface area contributed by atoms with Crippen molar-refractivity contribution in [3.63, 3.8) is 0 Å². The second-order valence-electron chi connectivity index (χ2n) is 4.91. The lowest BCUT2D eigenvalue weighted by Crippen LogP contribution is -2.17. The van der Waals surface area contributed by atoms with Crippen molar-refractivity contribution in [2.45, 2.75) is 6.92 Å². The van der Waals surface area contributed by atoms with Gasteiger partial charge in [-0.25, -0.2) is 5.43 Å². The number of hydrogen-bond acceptors (Lipinski definition) is 6. The predicted molar refractivity (Wildman–Crippen MR) is 87.6 cm³/mol. The van der Waals surface area contributed by atoms with Crippen LogP contribution in [0.15, 0.2) is 41.5 Å². The minimum Gasteiger partial charge on any atom is -0.504 e. The summed E-state index contributed by atoms with van der Waals surface area (Å²) in [5.41, 5.74) is 3.42. The molecule has 0 aliphatic carbocycles. The summed E-state index contributed by atoms with van der Waals surface area (Å²) in [6.45, 7) is 1.90. The smallest absolute Gasteiger partial charge is 0.282 e. The summed E-state index contributed by atoms with van der Waals surface area (Å²) in [6.07, 6.45) is 1.09. The number of phenols is 1. The molecule has 2 aromatic rings. The molecular formula is C16H15N3O5. The van der Waals surface area contributed by atoms with Crippen LogP contribution in [0.4, 0.5) is 5.69 Å². The maximum Gasteiger partial charge on any atom is 0.282 e. The van der Waals surface area contributed by atoms with E-state index >= 15 is 0 Å². The van der Waals surface area contributed by atoms with Crippen molar-refractivity contribution in [3.8, 4) is 11.5 Å². The van der Waals surface area contributed by atoms with Gasteiger partial charge < -0.3 is 9.84 Å². The first-order valence-corrected chi connectivity index (χ1v) is 6.88.